The molecule has 1 aromatic rings. The molecule has 0 aliphatic rings. The first-order chi connectivity index (χ1) is 7.29. The van der Waals surface area contributed by atoms with Crippen LogP contribution in [0, 0.1) is 0 Å². The Morgan fingerprint density at radius 2 is 2.00 bits per heavy atom. The molecule has 1 N–H and O–H groups in total. The van der Waals surface area contributed by atoms with Gasteiger partial charge in [0.2, 0.25) is 0 Å². The van der Waals surface area contributed by atoms with Gasteiger partial charge in [0.1, 0.15) is 0 Å². The van der Waals surface area contributed by atoms with Crippen LogP contribution in [-0.4, -0.2) is 16.3 Å². The number of hydrogen-bond donors (Lipinski definition) is 1. The smallest absolute Gasteiger partial charge is 0.387 e. The average Bonchev–Trinajstić information content (AvgIpc) is 2.13. The van der Waals surface area contributed by atoms with Gasteiger partial charge in [-0.1, -0.05) is 23.2 Å². The second-order valence-electron chi connectivity index (χ2n) is 3.19. The lowest BCUT2D eigenvalue weighted by Crippen LogP contribution is -2.11. The number of aliphatic hydroxyl groups excluding tert-OH is 1. The molecular formula is C9H8Cl2F3NO. The normalized spacial score (nSPS) is 13.9. The van der Waals surface area contributed by atoms with Gasteiger partial charge in [-0.05, 0) is 12.5 Å². The SMILES string of the molecule is OC(CCC(F)(F)F)c1ncc(Cl)cc1Cl. The van der Waals surface area contributed by atoms with Crippen molar-refractivity contribution in [1.82, 2.24) is 4.98 Å². The third-order valence-electron chi connectivity index (χ3n) is 1.85. The number of rotatable bonds is 3. The molecule has 1 atom stereocenters. The predicted octanol–water partition coefficient (Wildman–Crippen LogP) is 3.76. The topological polar surface area (TPSA) is 33.1 Å². The Labute approximate surface area is 100 Å². The number of aliphatic hydroxyl groups is 1. The maximum absolute atomic E-state index is 11.9. The Morgan fingerprint density at radius 1 is 1.38 bits per heavy atom. The number of alkyl halides is 3. The van der Waals surface area contributed by atoms with E-state index < -0.39 is 25.1 Å². The van der Waals surface area contributed by atoms with E-state index in [-0.39, 0.29) is 15.7 Å². The summed E-state index contributed by atoms with van der Waals surface area (Å²) in [5, 5.41) is 9.78. The van der Waals surface area contributed by atoms with E-state index in [2.05, 4.69) is 4.98 Å². The molecule has 0 fully saturated rings. The van der Waals surface area contributed by atoms with Gasteiger partial charge in [0.25, 0.3) is 0 Å². The van der Waals surface area contributed by atoms with Crippen LogP contribution in [0.3, 0.4) is 0 Å². The fraction of sp³-hybridized carbons (Fsp3) is 0.444. The molecule has 0 aromatic carbocycles. The van der Waals surface area contributed by atoms with Gasteiger partial charge in [0.05, 0.1) is 21.8 Å². The molecule has 0 radical (unpaired) electrons. The lowest BCUT2D eigenvalue weighted by Gasteiger charge is -2.13. The van der Waals surface area contributed by atoms with E-state index in [1.807, 2.05) is 0 Å². The van der Waals surface area contributed by atoms with Crippen molar-refractivity contribution in [2.45, 2.75) is 25.1 Å². The molecule has 0 bridgehead atoms. The summed E-state index contributed by atoms with van der Waals surface area (Å²) in [6.45, 7) is 0. The molecule has 0 aliphatic carbocycles. The van der Waals surface area contributed by atoms with Crippen LogP contribution in [-0.2, 0) is 0 Å². The molecular weight excluding hydrogens is 266 g/mol. The lowest BCUT2D eigenvalue weighted by atomic mass is 10.1. The summed E-state index contributed by atoms with van der Waals surface area (Å²) in [7, 11) is 0. The summed E-state index contributed by atoms with van der Waals surface area (Å²) in [4.78, 5) is 3.70. The summed E-state index contributed by atoms with van der Waals surface area (Å²) >= 11 is 11.2. The van der Waals surface area contributed by atoms with Crippen LogP contribution in [0.5, 0.6) is 0 Å². The van der Waals surface area contributed by atoms with E-state index in [0.717, 1.165) is 0 Å². The Kier molecular flexibility index (Phi) is 4.41. The van der Waals surface area contributed by atoms with Gasteiger partial charge < -0.3 is 5.11 Å². The van der Waals surface area contributed by atoms with Crippen molar-refractivity contribution < 1.29 is 18.3 Å². The van der Waals surface area contributed by atoms with Crippen molar-refractivity contribution in [3.63, 3.8) is 0 Å². The van der Waals surface area contributed by atoms with Gasteiger partial charge in [0.15, 0.2) is 0 Å². The zero-order chi connectivity index (χ0) is 12.3. The molecule has 0 amide bonds. The van der Waals surface area contributed by atoms with Crippen LogP contribution in [0.25, 0.3) is 0 Å². The minimum absolute atomic E-state index is 0.00955. The summed E-state index contributed by atoms with van der Waals surface area (Å²) in [6.07, 6.45) is -5.99. The third kappa shape index (κ3) is 4.15. The number of halogens is 5. The summed E-state index contributed by atoms with van der Waals surface area (Å²) < 4.78 is 35.7. The quantitative estimate of drug-likeness (QED) is 0.910. The van der Waals surface area contributed by atoms with Gasteiger partial charge in [-0.3, -0.25) is 4.98 Å². The molecule has 0 spiro atoms. The summed E-state index contributed by atoms with van der Waals surface area (Å²) in [6, 6.07) is 1.32. The first-order valence-corrected chi connectivity index (χ1v) is 5.11. The highest BCUT2D eigenvalue weighted by Crippen LogP contribution is 2.30. The number of nitrogens with zero attached hydrogens (tertiary/aromatic N) is 1. The molecule has 1 aromatic heterocycles. The van der Waals surface area contributed by atoms with Gasteiger partial charge >= 0.3 is 6.18 Å². The highest BCUT2D eigenvalue weighted by atomic mass is 35.5. The fourth-order valence-corrected chi connectivity index (χ4v) is 1.61. The van der Waals surface area contributed by atoms with Crippen molar-refractivity contribution in [1.29, 1.82) is 0 Å². The maximum Gasteiger partial charge on any atom is 0.389 e. The first kappa shape index (κ1) is 13.5. The molecule has 0 aliphatic heterocycles. The van der Waals surface area contributed by atoms with Gasteiger partial charge in [0, 0.05) is 12.6 Å². The summed E-state index contributed by atoms with van der Waals surface area (Å²) in [5.41, 5.74) is 0.00955. The Morgan fingerprint density at radius 3 is 2.50 bits per heavy atom. The van der Waals surface area contributed by atoms with Crippen LogP contribution < -0.4 is 0 Å². The second-order valence-corrected chi connectivity index (χ2v) is 4.03. The monoisotopic (exact) mass is 273 g/mol. The van der Waals surface area contributed by atoms with Crippen molar-refractivity contribution in [2.24, 2.45) is 0 Å². The molecule has 1 unspecified atom stereocenters. The number of hydrogen-bond acceptors (Lipinski definition) is 2. The zero-order valence-corrected chi connectivity index (χ0v) is 9.44. The van der Waals surface area contributed by atoms with E-state index in [1.165, 1.54) is 12.3 Å². The van der Waals surface area contributed by atoms with E-state index in [4.69, 9.17) is 23.2 Å². The van der Waals surface area contributed by atoms with E-state index >= 15 is 0 Å². The first-order valence-electron chi connectivity index (χ1n) is 4.35. The van der Waals surface area contributed by atoms with Crippen molar-refractivity contribution >= 4 is 23.2 Å². The molecule has 0 saturated carbocycles. The Hall–Kier alpha value is -0.520. The highest BCUT2D eigenvalue weighted by Gasteiger charge is 2.29. The van der Waals surface area contributed by atoms with Crippen molar-refractivity contribution in [3.8, 4) is 0 Å². The molecule has 1 rings (SSSR count). The van der Waals surface area contributed by atoms with Crippen LogP contribution in [0.2, 0.25) is 10.0 Å². The van der Waals surface area contributed by atoms with Gasteiger partial charge in [-0.15, -0.1) is 0 Å². The largest absolute Gasteiger partial charge is 0.389 e. The van der Waals surface area contributed by atoms with Crippen LogP contribution >= 0.6 is 23.2 Å². The molecule has 90 valence electrons. The van der Waals surface area contributed by atoms with E-state index in [1.54, 1.807) is 0 Å². The van der Waals surface area contributed by atoms with Crippen LogP contribution in [0.1, 0.15) is 24.6 Å². The Bertz CT molecular complexity index is 370. The highest BCUT2D eigenvalue weighted by molar-refractivity contribution is 6.34. The third-order valence-corrected chi connectivity index (χ3v) is 2.36. The zero-order valence-electron chi connectivity index (χ0n) is 7.93. The van der Waals surface area contributed by atoms with Gasteiger partial charge in [-0.2, -0.15) is 13.2 Å². The Balaban J connectivity index is 2.70. The van der Waals surface area contributed by atoms with E-state index in [9.17, 15) is 18.3 Å². The van der Waals surface area contributed by atoms with Gasteiger partial charge in [-0.25, -0.2) is 0 Å². The lowest BCUT2D eigenvalue weighted by molar-refractivity contribution is -0.140. The predicted molar refractivity (Wildman–Crippen MR) is 54.5 cm³/mol. The van der Waals surface area contributed by atoms with Crippen LogP contribution in [0.4, 0.5) is 13.2 Å². The minimum atomic E-state index is -4.31. The number of aromatic nitrogens is 1. The molecule has 16 heavy (non-hydrogen) atoms. The second kappa shape index (κ2) is 5.21. The molecule has 0 saturated heterocycles. The minimum Gasteiger partial charge on any atom is -0.387 e. The fourth-order valence-electron chi connectivity index (χ4n) is 1.11. The van der Waals surface area contributed by atoms with Crippen molar-refractivity contribution in [2.75, 3.05) is 0 Å². The molecule has 2 nitrogen and oxygen atoms in total. The number of pyridine rings is 1. The molecule has 1 heterocycles. The maximum atomic E-state index is 11.9. The average molecular weight is 274 g/mol. The standard InChI is InChI=1S/C9H8Cl2F3NO/c10-5-3-6(11)8(15-4-5)7(16)1-2-9(12,13)14/h3-4,7,16H,1-2H2. The van der Waals surface area contributed by atoms with Crippen LogP contribution in [0.15, 0.2) is 12.3 Å². The summed E-state index contributed by atoms with van der Waals surface area (Å²) in [5.74, 6) is 0. The van der Waals surface area contributed by atoms with E-state index in [0.29, 0.717) is 0 Å². The molecule has 7 heteroatoms. The van der Waals surface area contributed by atoms with Crippen molar-refractivity contribution in [3.05, 3.63) is 28.0 Å².